The predicted octanol–water partition coefficient (Wildman–Crippen LogP) is 7.35. The summed E-state index contributed by atoms with van der Waals surface area (Å²) >= 11 is 10.4. The number of hydrogen-bond acceptors (Lipinski definition) is 6. The summed E-state index contributed by atoms with van der Waals surface area (Å²) in [5, 5.41) is 0.721. The van der Waals surface area contributed by atoms with Crippen molar-refractivity contribution in [3.05, 3.63) is 61.8 Å². The van der Waals surface area contributed by atoms with Gasteiger partial charge in [-0.25, -0.2) is 4.79 Å². The van der Waals surface area contributed by atoms with E-state index in [2.05, 4.69) is 28.1 Å². The topological polar surface area (TPSA) is 115 Å². The minimum absolute atomic E-state index is 0.0969. The number of carbonyl (C=O) groups excluding carboxylic acids is 2. The van der Waals surface area contributed by atoms with Crippen molar-refractivity contribution in [1.82, 2.24) is 14.8 Å². The molecule has 2 saturated heterocycles. The van der Waals surface area contributed by atoms with E-state index >= 15 is 0 Å². The quantitative estimate of drug-likeness (QED) is 0.242. The molecule has 1 unspecified atom stereocenters. The zero-order valence-corrected chi connectivity index (χ0v) is 30.3. The molecular weight excluding hydrogens is 691 g/mol. The van der Waals surface area contributed by atoms with Crippen molar-refractivity contribution >= 4 is 47.1 Å². The number of nitrogens with zero attached hydrogens (tertiary/aromatic N) is 3. The van der Waals surface area contributed by atoms with Crippen molar-refractivity contribution in [2.75, 3.05) is 45.6 Å². The monoisotopic (exact) mass is 736 g/mol. The summed E-state index contributed by atoms with van der Waals surface area (Å²) in [6, 6.07) is 6.00. The van der Waals surface area contributed by atoms with Crippen LogP contribution in [0.4, 0.5) is 4.79 Å². The molecule has 2 N–H and O–H groups in total. The van der Waals surface area contributed by atoms with Gasteiger partial charge in [0.1, 0.15) is 0 Å². The van der Waals surface area contributed by atoms with E-state index in [1.54, 1.807) is 4.90 Å². The standard InChI is InChI=1S/C34H47BrClN4O5P/c1-3-44-46(43,45-4-2)17-5-6-24-18-27-8-7-26-20-28(36)21-29(35)31(26)32(33(27)38-22-24)25-11-15-39(16-12-25)30(41)19-23-9-13-40(14-10-23)34(37)42/h18,20-23,25,32H,3-17,19H2,1-2H3,(H2,37,42). The number of benzene rings is 1. The maximum Gasteiger partial charge on any atom is 0.330 e. The number of nitrogens with two attached hydrogens (primary N) is 1. The number of likely N-dealkylation sites (tertiary alicyclic amines) is 2. The summed E-state index contributed by atoms with van der Waals surface area (Å²) in [6.07, 6.45) is 9.53. The highest BCUT2D eigenvalue weighted by atomic mass is 79.9. The van der Waals surface area contributed by atoms with Gasteiger partial charge in [0.25, 0.3) is 0 Å². The van der Waals surface area contributed by atoms with Gasteiger partial charge in [-0.15, -0.1) is 0 Å². The Hall–Kier alpha value is -1.97. The maximum absolute atomic E-state index is 13.3. The molecule has 12 heteroatoms. The van der Waals surface area contributed by atoms with Gasteiger partial charge in [0.05, 0.1) is 25.1 Å². The van der Waals surface area contributed by atoms with E-state index in [1.807, 2.05) is 31.0 Å². The Balaban J connectivity index is 1.29. The first-order chi connectivity index (χ1) is 22.1. The average molecular weight is 738 g/mol. The van der Waals surface area contributed by atoms with Gasteiger partial charge in [-0.1, -0.05) is 33.6 Å². The van der Waals surface area contributed by atoms with Crippen LogP contribution in [0, 0.1) is 11.8 Å². The SMILES string of the molecule is CCOP(=O)(CCCc1cnc2c(c1)CCc1cc(Cl)cc(Br)c1C2C1CCN(C(=O)CC2CCN(C(N)=O)CC2)CC1)OCC. The highest BCUT2D eigenvalue weighted by Gasteiger charge is 2.37. The zero-order chi connectivity index (χ0) is 32.8. The molecule has 1 aromatic heterocycles. The first kappa shape index (κ1) is 35.3. The second kappa shape index (κ2) is 16.0. The minimum Gasteiger partial charge on any atom is -0.351 e. The summed E-state index contributed by atoms with van der Waals surface area (Å²) in [4.78, 5) is 33.6. The van der Waals surface area contributed by atoms with E-state index in [4.69, 9.17) is 31.4 Å². The molecule has 2 fully saturated rings. The van der Waals surface area contributed by atoms with Crippen molar-refractivity contribution in [3.63, 3.8) is 0 Å². The number of halogens is 2. The van der Waals surface area contributed by atoms with Crippen LogP contribution in [0.2, 0.25) is 5.02 Å². The lowest BCUT2D eigenvalue weighted by molar-refractivity contribution is -0.134. The Kier molecular flexibility index (Phi) is 12.3. The van der Waals surface area contributed by atoms with Crippen molar-refractivity contribution in [3.8, 4) is 0 Å². The number of fused-ring (bicyclic) bond motifs is 2. The third-order valence-corrected chi connectivity index (χ3v) is 12.9. The van der Waals surface area contributed by atoms with Crippen LogP contribution in [0.3, 0.4) is 0 Å². The average Bonchev–Trinajstić information content (AvgIpc) is 3.18. The minimum atomic E-state index is -3.08. The van der Waals surface area contributed by atoms with Crippen LogP contribution in [-0.2, 0) is 37.7 Å². The fraction of sp³-hybridized carbons (Fsp3) is 0.618. The lowest BCUT2D eigenvalue weighted by Crippen LogP contribution is -2.44. The first-order valence-corrected chi connectivity index (χ1v) is 19.7. The second-order valence-electron chi connectivity index (χ2n) is 12.8. The van der Waals surface area contributed by atoms with Gasteiger partial charge in [0.15, 0.2) is 0 Å². The predicted molar refractivity (Wildman–Crippen MR) is 184 cm³/mol. The maximum atomic E-state index is 13.3. The van der Waals surface area contributed by atoms with Crippen molar-refractivity contribution in [1.29, 1.82) is 0 Å². The molecule has 5 rings (SSSR count). The highest BCUT2D eigenvalue weighted by Crippen LogP contribution is 2.49. The van der Waals surface area contributed by atoms with Gasteiger partial charge in [0.2, 0.25) is 5.91 Å². The smallest absolute Gasteiger partial charge is 0.330 e. The van der Waals surface area contributed by atoms with Crippen LogP contribution in [-0.4, -0.2) is 72.3 Å². The van der Waals surface area contributed by atoms with Crippen molar-refractivity contribution in [2.45, 2.75) is 77.6 Å². The molecule has 3 heterocycles. The molecule has 46 heavy (non-hydrogen) atoms. The summed E-state index contributed by atoms with van der Waals surface area (Å²) in [7, 11) is -3.08. The molecule has 9 nitrogen and oxygen atoms in total. The van der Waals surface area contributed by atoms with Crippen LogP contribution in [0.5, 0.6) is 0 Å². The Bertz CT molecular complexity index is 1430. The number of urea groups is 1. The number of hydrogen-bond donors (Lipinski definition) is 1. The molecule has 0 bridgehead atoms. The Morgan fingerprint density at radius 2 is 1.65 bits per heavy atom. The number of aromatic nitrogens is 1. The summed E-state index contributed by atoms with van der Waals surface area (Å²) < 4.78 is 25.0. The number of pyridine rings is 1. The summed E-state index contributed by atoms with van der Waals surface area (Å²) in [6.45, 7) is 7.12. The molecule has 1 aliphatic carbocycles. The molecule has 2 aliphatic heterocycles. The first-order valence-electron chi connectivity index (χ1n) is 16.8. The Morgan fingerprint density at radius 3 is 2.30 bits per heavy atom. The Labute approximate surface area is 286 Å². The van der Waals surface area contributed by atoms with Gasteiger partial charge in [0, 0.05) is 54.2 Å². The number of amides is 3. The zero-order valence-electron chi connectivity index (χ0n) is 27.0. The number of primary amides is 1. The van der Waals surface area contributed by atoms with E-state index in [1.165, 1.54) is 16.7 Å². The fourth-order valence-electron chi connectivity index (χ4n) is 7.50. The molecule has 1 aromatic carbocycles. The van der Waals surface area contributed by atoms with E-state index < -0.39 is 7.60 Å². The third-order valence-electron chi connectivity index (χ3n) is 9.81. The molecule has 0 saturated carbocycles. The number of carbonyl (C=O) groups is 2. The van der Waals surface area contributed by atoms with Crippen LogP contribution in [0.25, 0.3) is 0 Å². The molecule has 0 spiro atoms. The third kappa shape index (κ3) is 8.54. The van der Waals surface area contributed by atoms with E-state index in [0.717, 1.165) is 78.8 Å². The second-order valence-corrected chi connectivity index (χ2v) is 16.3. The number of rotatable bonds is 11. The Morgan fingerprint density at radius 1 is 1.00 bits per heavy atom. The number of piperidine rings is 2. The fourth-order valence-corrected chi connectivity index (χ4v) is 10.3. The molecular formula is C34H47BrClN4O5P. The number of aryl methyl sites for hydroxylation is 3. The highest BCUT2D eigenvalue weighted by molar-refractivity contribution is 9.10. The van der Waals surface area contributed by atoms with E-state index in [9.17, 15) is 14.2 Å². The summed E-state index contributed by atoms with van der Waals surface area (Å²) in [5.74, 6) is 0.939. The van der Waals surface area contributed by atoms with Crippen LogP contribution >= 0.6 is 35.1 Å². The molecule has 2 aromatic rings. The molecule has 252 valence electrons. The van der Waals surface area contributed by atoms with Crippen LogP contribution in [0.15, 0.2) is 28.9 Å². The van der Waals surface area contributed by atoms with Gasteiger partial charge >= 0.3 is 13.6 Å². The van der Waals surface area contributed by atoms with E-state index in [0.29, 0.717) is 57.1 Å². The van der Waals surface area contributed by atoms with Gasteiger partial charge < -0.3 is 24.6 Å². The normalized spacial score (nSPS) is 19.4. The lowest BCUT2D eigenvalue weighted by Gasteiger charge is -2.38. The molecule has 0 radical (unpaired) electrons. The van der Waals surface area contributed by atoms with Crippen LogP contribution in [0.1, 0.15) is 86.2 Å². The van der Waals surface area contributed by atoms with Gasteiger partial charge in [-0.05, 0) is 111 Å². The van der Waals surface area contributed by atoms with Gasteiger partial charge in [-0.2, -0.15) is 0 Å². The van der Waals surface area contributed by atoms with Crippen molar-refractivity contribution < 1.29 is 23.2 Å². The van der Waals surface area contributed by atoms with Crippen molar-refractivity contribution in [2.24, 2.45) is 17.6 Å². The molecule has 3 amide bonds. The van der Waals surface area contributed by atoms with Crippen LogP contribution < -0.4 is 5.73 Å². The molecule has 3 aliphatic rings. The summed E-state index contributed by atoms with van der Waals surface area (Å²) in [5.41, 5.74) is 11.4. The largest absolute Gasteiger partial charge is 0.351 e. The van der Waals surface area contributed by atoms with E-state index in [-0.39, 0.29) is 17.9 Å². The molecule has 1 atom stereocenters. The lowest BCUT2D eigenvalue weighted by atomic mass is 9.76. The van der Waals surface area contributed by atoms with Gasteiger partial charge in [-0.3, -0.25) is 14.3 Å².